The molecule has 0 saturated heterocycles. The van der Waals surface area contributed by atoms with Gasteiger partial charge in [-0.1, -0.05) is 19.1 Å². The number of ether oxygens (including phenoxy) is 5. The zero-order valence-corrected chi connectivity index (χ0v) is 26.5. The van der Waals surface area contributed by atoms with Crippen LogP contribution >= 0.6 is 0 Å². The highest BCUT2D eigenvalue weighted by atomic mass is 16.5. The maximum atomic E-state index is 12.1. The summed E-state index contributed by atoms with van der Waals surface area (Å²) in [5.41, 5.74) is 4.06. The SMILES string of the molecule is CCc1ccc(Cc2cc(OC3CCCC3)cc3c2OC[C@H]([C@H]2[C@@H](CCCOC)Oc4ccc(OC)cc4[C@@H]2O)[C@@H]3O)cc1O. The molecule has 0 spiro atoms. The van der Waals surface area contributed by atoms with Crippen molar-refractivity contribution < 1.29 is 39.0 Å². The van der Waals surface area contributed by atoms with E-state index in [-0.39, 0.29) is 24.6 Å². The number of hydrogen-bond acceptors (Lipinski definition) is 8. The summed E-state index contributed by atoms with van der Waals surface area (Å²) in [4.78, 5) is 0. The van der Waals surface area contributed by atoms with E-state index in [1.807, 2.05) is 55.5 Å². The lowest BCUT2D eigenvalue weighted by atomic mass is 9.72. The topological polar surface area (TPSA) is 107 Å². The normalized spacial score (nSPS) is 24.3. The molecule has 1 aliphatic carbocycles. The Hall–Kier alpha value is -3.46. The maximum absolute atomic E-state index is 12.1. The van der Waals surface area contributed by atoms with Gasteiger partial charge in [0.15, 0.2) is 0 Å². The molecule has 0 bridgehead atoms. The van der Waals surface area contributed by atoms with Gasteiger partial charge in [0.1, 0.15) is 34.9 Å². The Bertz CT molecular complexity index is 1470. The molecule has 5 atom stereocenters. The number of phenols is 1. The largest absolute Gasteiger partial charge is 0.508 e. The fourth-order valence-corrected chi connectivity index (χ4v) is 7.37. The van der Waals surface area contributed by atoms with Gasteiger partial charge in [0.2, 0.25) is 0 Å². The van der Waals surface area contributed by atoms with E-state index in [1.165, 1.54) is 0 Å². The number of fused-ring (bicyclic) bond motifs is 2. The first-order chi connectivity index (χ1) is 21.9. The number of aliphatic hydroxyl groups excluding tert-OH is 2. The molecule has 3 aromatic rings. The Balaban J connectivity index is 1.35. The van der Waals surface area contributed by atoms with Crippen molar-refractivity contribution in [3.8, 4) is 28.7 Å². The van der Waals surface area contributed by atoms with Gasteiger partial charge in [0.25, 0.3) is 0 Å². The highest BCUT2D eigenvalue weighted by Crippen LogP contribution is 2.51. The van der Waals surface area contributed by atoms with E-state index >= 15 is 0 Å². The summed E-state index contributed by atoms with van der Waals surface area (Å²) in [7, 11) is 3.27. The lowest BCUT2D eigenvalue weighted by Crippen LogP contribution is -2.46. The fourth-order valence-electron chi connectivity index (χ4n) is 7.37. The third kappa shape index (κ3) is 6.60. The van der Waals surface area contributed by atoms with Crippen LogP contribution in [0.15, 0.2) is 48.5 Å². The second kappa shape index (κ2) is 13.9. The predicted molar refractivity (Wildman–Crippen MR) is 171 cm³/mol. The minimum atomic E-state index is -0.921. The predicted octanol–water partition coefficient (Wildman–Crippen LogP) is 6.45. The van der Waals surface area contributed by atoms with Crippen molar-refractivity contribution in [3.63, 3.8) is 0 Å². The molecule has 0 amide bonds. The van der Waals surface area contributed by atoms with Gasteiger partial charge >= 0.3 is 0 Å². The standard InChI is InChI=1S/C37H46O8/c1-4-23-12-11-22(17-31(23)38)16-24-18-27(44-25-8-5-6-9-25)20-29-35(39)30(21-43-37(24)29)34-33(10-7-15-41-2)45-32-14-13-26(42-3)19-28(32)36(34)40/h11-14,17-20,25,30,33-36,38-40H,4-10,15-16,21H2,1-3H3/t30-,33-,34+,35-,36+/m1/s1. The molecule has 1 saturated carbocycles. The van der Waals surface area contributed by atoms with E-state index in [9.17, 15) is 15.3 Å². The molecule has 242 valence electrons. The highest BCUT2D eigenvalue weighted by Gasteiger charge is 2.47. The maximum Gasteiger partial charge on any atom is 0.128 e. The van der Waals surface area contributed by atoms with Crippen molar-refractivity contribution in [2.45, 2.75) is 82.7 Å². The van der Waals surface area contributed by atoms with E-state index in [1.54, 1.807) is 14.2 Å². The second-order valence-electron chi connectivity index (χ2n) is 12.7. The Kier molecular flexibility index (Phi) is 9.73. The van der Waals surface area contributed by atoms with Crippen molar-refractivity contribution in [1.82, 2.24) is 0 Å². The number of hydrogen-bond donors (Lipinski definition) is 3. The third-order valence-electron chi connectivity index (χ3n) is 9.78. The van der Waals surface area contributed by atoms with Gasteiger partial charge in [0.05, 0.1) is 32.0 Å². The van der Waals surface area contributed by atoms with Crippen LogP contribution in [0.5, 0.6) is 28.7 Å². The molecule has 0 aromatic heterocycles. The van der Waals surface area contributed by atoms with Gasteiger partial charge in [-0.25, -0.2) is 0 Å². The summed E-state index contributed by atoms with van der Waals surface area (Å²) in [6, 6.07) is 15.2. The molecule has 6 rings (SSSR count). The Morgan fingerprint density at radius 1 is 0.889 bits per heavy atom. The third-order valence-corrected chi connectivity index (χ3v) is 9.78. The molecule has 2 heterocycles. The number of aliphatic hydroxyl groups is 2. The average molecular weight is 619 g/mol. The van der Waals surface area contributed by atoms with Crippen LogP contribution in [0.4, 0.5) is 0 Å². The molecular weight excluding hydrogens is 572 g/mol. The van der Waals surface area contributed by atoms with Crippen LogP contribution in [-0.2, 0) is 17.6 Å². The van der Waals surface area contributed by atoms with Gasteiger partial charge in [0, 0.05) is 48.7 Å². The summed E-state index contributed by atoms with van der Waals surface area (Å²) >= 11 is 0. The summed E-state index contributed by atoms with van der Waals surface area (Å²) in [6.07, 6.45) is 4.99. The monoisotopic (exact) mass is 618 g/mol. The number of methoxy groups -OCH3 is 2. The first-order valence-electron chi connectivity index (χ1n) is 16.4. The van der Waals surface area contributed by atoms with Gasteiger partial charge in [-0.2, -0.15) is 0 Å². The average Bonchev–Trinajstić information content (AvgIpc) is 3.55. The van der Waals surface area contributed by atoms with Crippen molar-refractivity contribution in [1.29, 1.82) is 0 Å². The van der Waals surface area contributed by atoms with Crippen LogP contribution < -0.4 is 18.9 Å². The van der Waals surface area contributed by atoms with Crippen molar-refractivity contribution in [2.24, 2.45) is 11.8 Å². The van der Waals surface area contributed by atoms with Crippen molar-refractivity contribution in [2.75, 3.05) is 27.4 Å². The van der Waals surface area contributed by atoms with E-state index in [0.29, 0.717) is 53.6 Å². The van der Waals surface area contributed by atoms with Crippen LogP contribution in [0.25, 0.3) is 0 Å². The first kappa shape index (κ1) is 31.5. The second-order valence-corrected chi connectivity index (χ2v) is 12.7. The summed E-state index contributed by atoms with van der Waals surface area (Å²) in [5.74, 6) is 2.01. The number of aromatic hydroxyl groups is 1. The van der Waals surface area contributed by atoms with Gasteiger partial charge in [-0.15, -0.1) is 0 Å². The number of rotatable bonds is 11. The van der Waals surface area contributed by atoms with Gasteiger partial charge in [-0.05, 0) is 92.5 Å². The first-order valence-corrected chi connectivity index (χ1v) is 16.4. The smallest absolute Gasteiger partial charge is 0.128 e. The van der Waals surface area contributed by atoms with Crippen LogP contribution in [0.1, 0.15) is 85.5 Å². The quantitative estimate of drug-likeness (QED) is 0.211. The minimum Gasteiger partial charge on any atom is -0.508 e. The summed E-state index contributed by atoms with van der Waals surface area (Å²) in [6.45, 7) is 2.81. The lowest BCUT2D eigenvalue weighted by molar-refractivity contribution is -0.0889. The molecule has 45 heavy (non-hydrogen) atoms. The molecule has 3 aliphatic rings. The Morgan fingerprint density at radius 3 is 2.42 bits per heavy atom. The Morgan fingerprint density at radius 2 is 1.69 bits per heavy atom. The lowest BCUT2D eigenvalue weighted by Gasteiger charge is -2.44. The summed E-state index contributed by atoms with van der Waals surface area (Å²) in [5, 5.41) is 34.5. The van der Waals surface area contributed by atoms with Crippen LogP contribution in [-0.4, -0.2) is 55.0 Å². The molecule has 2 aliphatic heterocycles. The molecule has 1 fully saturated rings. The van der Waals surface area contributed by atoms with Crippen LogP contribution in [0, 0.1) is 11.8 Å². The van der Waals surface area contributed by atoms with Crippen LogP contribution in [0.2, 0.25) is 0 Å². The molecule has 0 radical (unpaired) electrons. The van der Waals surface area contributed by atoms with Crippen LogP contribution in [0.3, 0.4) is 0 Å². The summed E-state index contributed by atoms with van der Waals surface area (Å²) < 4.78 is 30.3. The number of benzene rings is 3. The fraction of sp³-hybridized carbons (Fsp3) is 0.514. The van der Waals surface area contributed by atoms with E-state index in [4.69, 9.17) is 23.7 Å². The number of aryl methyl sites for hydroxylation is 1. The molecule has 3 N–H and O–H groups in total. The van der Waals surface area contributed by atoms with Gasteiger partial charge in [-0.3, -0.25) is 0 Å². The molecule has 0 unspecified atom stereocenters. The molecule has 8 heteroatoms. The van der Waals surface area contributed by atoms with Crippen molar-refractivity contribution >= 4 is 0 Å². The molecule has 3 aromatic carbocycles. The molecular formula is C37H46O8. The van der Waals surface area contributed by atoms with E-state index < -0.39 is 24.0 Å². The van der Waals surface area contributed by atoms with E-state index in [0.717, 1.165) is 55.2 Å². The Labute approximate surface area is 265 Å². The van der Waals surface area contributed by atoms with Crippen molar-refractivity contribution in [3.05, 3.63) is 76.3 Å². The highest BCUT2D eigenvalue weighted by molar-refractivity contribution is 5.52. The zero-order chi connectivity index (χ0) is 31.5. The molecule has 8 nitrogen and oxygen atoms in total. The zero-order valence-electron chi connectivity index (χ0n) is 26.5. The minimum absolute atomic E-state index is 0.145. The van der Waals surface area contributed by atoms with E-state index in [2.05, 4.69) is 0 Å². The van der Waals surface area contributed by atoms with Gasteiger partial charge < -0.3 is 39.0 Å². The number of phenolic OH excluding ortho intramolecular Hbond substituents is 1.